The first kappa shape index (κ1) is 17.6. The van der Waals surface area contributed by atoms with Crippen molar-refractivity contribution in [1.82, 2.24) is 9.36 Å². The number of phenolic OH excluding ortho intramolecular Hbond substituents is 1. The van der Waals surface area contributed by atoms with Gasteiger partial charge in [-0.05, 0) is 55.5 Å². The minimum absolute atomic E-state index is 0.204. The number of para-hydroxylation sites is 1. The van der Waals surface area contributed by atoms with Crippen molar-refractivity contribution in [2.45, 2.75) is 6.92 Å². The molecule has 0 aliphatic heterocycles. The highest BCUT2D eigenvalue weighted by atomic mass is 16.3. The number of aromatic hydroxyl groups is 1. The summed E-state index contributed by atoms with van der Waals surface area (Å²) in [4.78, 5) is 9.49. The Labute approximate surface area is 162 Å². The number of benzene rings is 2. The molecule has 2 aromatic heterocycles. The molecule has 6 heteroatoms. The van der Waals surface area contributed by atoms with Crippen LogP contribution in [0.5, 0.6) is 5.75 Å². The van der Waals surface area contributed by atoms with E-state index >= 15 is 0 Å². The predicted octanol–water partition coefficient (Wildman–Crippen LogP) is 4.41. The van der Waals surface area contributed by atoms with Crippen LogP contribution in [-0.2, 0) is 7.05 Å². The summed E-state index contributed by atoms with van der Waals surface area (Å²) in [6, 6.07) is 20.5. The van der Waals surface area contributed by atoms with Crippen molar-refractivity contribution in [1.29, 1.82) is 0 Å². The molecule has 0 saturated carbocycles. The Morgan fingerprint density at radius 3 is 2.39 bits per heavy atom. The van der Waals surface area contributed by atoms with Gasteiger partial charge in [0.2, 0.25) is 0 Å². The Bertz CT molecular complexity index is 1170. The standard InChI is InChI=1S/C22H20N4O2/c1-16-21(23-15-20-9-6-14-28-20)22(24-17-10-12-19(27)13-11-17)26(25(16)2)18-7-4-3-5-8-18/h3-15,27H,1-2H3. The average Bonchev–Trinajstić information content (AvgIpc) is 3.31. The Balaban J connectivity index is 1.96. The van der Waals surface area contributed by atoms with E-state index < -0.39 is 0 Å². The molecular formula is C22H20N4O2. The molecule has 0 saturated heterocycles. The first-order valence-electron chi connectivity index (χ1n) is 8.89. The highest BCUT2D eigenvalue weighted by molar-refractivity contribution is 5.78. The van der Waals surface area contributed by atoms with E-state index in [1.165, 1.54) is 0 Å². The monoisotopic (exact) mass is 372 g/mol. The first-order valence-corrected chi connectivity index (χ1v) is 8.89. The molecule has 140 valence electrons. The zero-order chi connectivity index (χ0) is 19.5. The van der Waals surface area contributed by atoms with Crippen LogP contribution in [0.3, 0.4) is 0 Å². The molecule has 0 atom stereocenters. The molecule has 0 radical (unpaired) electrons. The largest absolute Gasteiger partial charge is 0.508 e. The number of aromatic nitrogens is 2. The number of phenols is 1. The van der Waals surface area contributed by atoms with Crippen LogP contribution in [0.2, 0.25) is 0 Å². The van der Waals surface area contributed by atoms with Gasteiger partial charge in [-0.25, -0.2) is 14.7 Å². The lowest BCUT2D eigenvalue weighted by Gasteiger charge is -2.09. The van der Waals surface area contributed by atoms with Crippen molar-refractivity contribution in [2.75, 3.05) is 0 Å². The number of rotatable bonds is 4. The van der Waals surface area contributed by atoms with Crippen molar-refractivity contribution in [3.8, 4) is 11.4 Å². The summed E-state index contributed by atoms with van der Waals surface area (Å²) in [5, 5.41) is 9.56. The van der Waals surface area contributed by atoms with Gasteiger partial charge in [-0.15, -0.1) is 0 Å². The molecular weight excluding hydrogens is 352 g/mol. The van der Waals surface area contributed by atoms with Gasteiger partial charge in [0.15, 0.2) is 5.49 Å². The topological polar surface area (TPSA) is 68.0 Å². The van der Waals surface area contributed by atoms with E-state index in [0.717, 1.165) is 22.8 Å². The summed E-state index contributed by atoms with van der Waals surface area (Å²) in [5.74, 6) is 0.875. The van der Waals surface area contributed by atoms with Gasteiger partial charge in [0, 0.05) is 7.05 Å². The minimum Gasteiger partial charge on any atom is -0.508 e. The second-order valence-electron chi connectivity index (χ2n) is 6.33. The summed E-state index contributed by atoms with van der Waals surface area (Å²) >= 11 is 0. The van der Waals surface area contributed by atoms with E-state index in [0.29, 0.717) is 11.2 Å². The van der Waals surface area contributed by atoms with Crippen LogP contribution in [0.15, 0.2) is 87.4 Å². The van der Waals surface area contributed by atoms with E-state index in [1.54, 1.807) is 36.7 Å². The van der Waals surface area contributed by atoms with Crippen LogP contribution < -0.4 is 5.49 Å². The zero-order valence-corrected chi connectivity index (χ0v) is 15.6. The normalized spacial score (nSPS) is 12.1. The molecule has 28 heavy (non-hydrogen) atoms. The molecule has 0 aliphatic rings. The zero-order valence-electron chi connectivity index (χ0n) is 15.6. The van der Waals surface area contributed by atoms with Crippen LogP contribution in [-0.4, -0.2) is 20.7 Å². The second-order valence-corrected chi connectivity index (χ2v) is 6.33. The van der Waals surface area contributed by atoms with Crippen molar-refractivity contribution in [3.05, 3.63) is 89.9 Å². The maximum absolute atomic E-state index is 9.56. The van der Waals surface area contributed by atoms with E-state index in [1.807, 2.05) is 65.8 Å². The average molecular weight is 372 g/mol. The van der Waals surface area contributed by atoms with Gasteiger partial charge in [0.05, 0.1) is 29.5 Å². The fraction of sp³-hybridized carbons (Fsp3) is 0.0909. The van der Waals surface area contributed by atoms with Crippen LogP contribution in [0, 0.1) is 6.92 Å². The third kappa shape index (κ3) is 3.40. The van der Waals surface area contributed by atoms with Gasteiger partial charge in [0.25, 0.3) is 0 Å². The van der Waals surface area contributed by atoms with Gasteiger partial charge in [0.1, 0.15) is 17.2 Å². The lowest BCUT2D eigenvalue weighted by molar-refractivity contribution is 0.475. The minimum atomic E-state index is 0.204. The molecule has 0 fully saturated rings. The fourth-order valence-corrected chi connectivity index (χ4v) is 2.97. The van der Waals surface area contributed by atoms with E-state index in [9.17, 15) is 5.11 Å². The summed E-state index contributed by atoms with van der Waals surface area (Å²) in [7, 11) is 1.98. The maximum Gasteiger partial charge on any atom is 0.180 e. The molecule has 6 nitrogen and oxygen atoms in total. The molecule has 0 amide bonds. The lowest BCUT2D eigenvalue weighted by atomic mass is 10.3. The molecule has 0 aliphatic carbocycles. The highest BCUT2D eigenvalue weighted by Crippen LogP contribution is 2.21. The summed E-state index contributed by atoms with van der Waals surface area (Å²) < 4.78 is 9.39. The van der Waals surface area contributed by atoms with Crippen molar-refractivity contribution in [3.63, 3.8) is 0 Å². The number of hydrogen-bond donors (Lipinski definition) is 1. The number of furan rings is 1. The van der Waals surface area contributed by atoms with Gasteiger partial charge < -0.3 is 9.52 Å². The van der Waals surface area contributed by atoms with Crippen LogP contribution >= 0.6 is 0 Å². The number of aliphatic imine (C=N–C) groups is 1. The van der Waals surface area contributed by atoms with E-state index in [-0.39, 0.29) is 5.75 Å². The molecule has 0 spiro atoms. The third-order valence-electron chi connectivity index (χ3n) is 4.49. The van der Waals surface area contributed by atoms with Gasteiger partial charge >= 0.3 is 0 Å². The Morgan fingerprint density at radius 1 is 0.964 bits per heavy atom. The van der Waals surface area contributed by atoms with Crippen molar-refractivity contribution >= 4 is 17.6 Å². The van der Waals surface area contributed by atoms with Crippen molar-refractivity contribution in [2.24, 2.45) is 17.0 Å². The third-order valence-corrected chi connectivity index (χ3v) is 4.49. The maximum atomic E-state index is 9.56. The molecule has 0 bridgehead atoms. The smallest absolute Gasteiger partial charge is 0.180 e. The Hall–Kier alpha value is -3.80. The quantitative estimate of drug-likeness (QED) is 0.539. The molecule has 4 rings (SSSR count). The summed E-state index contributed by atoms with van der Waals surface area (Å²) in [6.45, 7) is 2.00. The lowest BCUT2D eigenvalue weighted by Crippen LogP contribution is -2.20. The molecule has 2 aromatic carbocycles. The van der Waals surface area contributed by atoms with E-state index in [4.69, 9.17) is 9.41 Å². The Morgan fingerprint density at radius 2 is 1.71 bits per heavy atom. The number of hydrogen-bond acceptors (Lipinski definition) is 4. The van der Waals surface area contributed by atoms with Gasteiger partial charge in [-0.2, -0.15) is 0 Å². The van der Waals surface area contributed by atoms with Crippen LogP contribution in [0.1, 0.15) is 11.5 Å². The molecule has 4 aromatic rings. The first-order chi connectivity index (χ1) is 13.6. The molecule has 2 heterocycles. The molecule has 1 N–H and O–H groups in total. The van der Waals surface area contributed by atoms with Gasteiger partial charge in [-0.1, -0.05) is 18.2 Å². The Kier molecular flexibility index (Phi) is 4.68. The number of nitrogens with zero attached hydrogens (tertiary/aromatic N) is 4. The van der Waals surface area contributed by atoms with Crippen LogP contribution in [0.25, 0.3) is 5.69 Å². The second kappa shape index (κ2) is 7.44. The molecule has 0 unspecified atom stereocenters. The highest BCUT2D eigenvalue weighted by Gasteiger charge is 2.14. The van der Waals surface area contributed by atoms with Crippen LogP contribution in [0.4, 0.5) is 11.4 Å². The predicted molar refractivity (Wildman–Crippen MR) is 109 cm³/mol. The van der Waals surface area contributed by atoms with E-state index in [2.05, 4.69) is 4.99 Å². The van der Waals surface area contributed by atoms with Gasteiger partial charge in [-0.3, -0.25) is 4.68 Å². The SMILES string of the molecule is Cc1c(N=Cc2ccco2)c(=Nc2ccc(O)cc2)n(-c2ccccc2)n1C. The summed E-state index contributed by atoms with van der Waals surface area (Å²) in [5.41, 5.74) is 4.10. The van der Waals surface area contributed by atoms with Crippen molar-refractivity contribution < 1.29 is 9.52 Å². The summed E-state index contributed by atoms with van der Waals surface area (Å²) in [6.07, 6.45) is 3.30. The fourth-order valence-electron chi connectivity index (χ4n) is 2.97.